The van der Waals surface area contributed by atoms with Gasteiger partial charge in [-0.3, -0.25) is 9.69 Å². The number of carbonyl (C=O) groups is 1. The van der Waals surface area contributed by atoms with E-state index in [9.17, 15) is 4.79 Å². The fraction of sp³-hybridized carbons (Fsp3) is 0.579. The van der Waals surface area contributed by atoms with Crippen LogP contribution in [0.2, 0.25) is 0 Å². The van der Waals surface area contributed by atoms with E-state index in [0.29, 0.717) is 13.0 Å². The van der Waals surface area contributed by atoms with Gasteiger partial charge in [0.15, 0.2) is 5.96 Å². The molecule has 0 bridgehead atoms. The predicted octanol–water partition coefficient (Wildman–Crippen LogP) is 2.04. The molecule has 1 aliphatic heterocycles. The van der Waals surface area contributed by atoms with Gasteiger partial charge in [0, 0.05) is 44.8 Å². The van der Waals surface area contributed by atoms with Crippen molar-refractivity contribution in [2.45, 2.75) is 26.8 Å². The first-order valence-corrected chi connectivity index (χ1v) is 9.42. The zero-order valence-electron chi connectivity index (χ0n) is 16.3. The average molecular weight is 489 g/mol. The maximum absolute atomic E-state index is 12.2. The fourth-order valence-electron chi connectivity index (χ4n) is 2.73. The Morgan fingerprint density at radius 3 is 2.56 bits per heavy atom. The molecule has 27 heavy (non-hydrogen) atoms. The Morgan fingerprint density at radius 2 is 1.89 bits per heavy atom. The van der Waals surface area contributed by atoms with Crippen molar-refractivity contribution in [1.29, 1.82) is 0 Å². The highest BCUT2D eigenvalue weighted by molar-refractivity contribution is 14.0. The number of guanidine groups is 1. The summed E-state index contributed by atoms with van der Waals surface area (Å²) in [5.74, 6) is 0.841. The summed E-state index contributed by atoms with van der Waals surface area (Å²) in [5, 5.41) is 9.39. The van der Waals surface area contributed by atoms with Gasteiger partial charge in [-0.05, 0) is 31.5 Å². The molecule has 1 aromatic carbocycles. The summed E-state index contributed by atoms with van der Waals surface area (Å²) in [7, 11) is 0. The van der Waals surface area contributed by atoms with Crippen LogP contribution in [0, 0.1) is 0 Å². The van der Waals surface area contributed by atoms with Crippen LogP contribution in [-0.2, 0) is 16.1 Å². The second kappa shape index (κ2) is 13.7. The lowest BCUT2D eigenvalue weighted by Crippen LogP contribution is -2.38. The number of halogens is 1. The van der Waals surface area contributed by atoms with Gasteiger partial charge in [0.25, 0.3) is 0 Å². The molecule has 1 fully saturated rings. The first-order valence-electron chi connectivity index (χ1n) is 9.42. The molecule has 0 unspecified atom stereocenters. The van der Waals surface area contributed by atoms with Gasteiger partial charge in [0.1, 0.15) is 0 Å². The number of hydrogen-bond acceptors (Lipinski definition) is 4. The summed E-state index contributed by atoms with van der Waals surface area (Å²) >= 11 is 0. The quantitative estimate of drug-likeness (QED) is 0.296. The molecular weight excluding hydrogens is 457 g/mol. The van der Waals surface area contributed by atoms with Crippen LogP contribution in [0.1, 0.15) is 25.8 Å². The van der Waals surface area contributed by atoms with Crippen LogP contribution in [0.15, 0.2) is 29.3 Å². The summed E-state index contributed by atoms with van der Waals surface area (Å²) < 4.78 is 5.32. The second-order valence-electron chi connectivity index (χ2n) is 6.18. The largest absolute Gasteiger partial charge is 0.379 e. The molecule has 0 aromatic heterocycles. The van der Waals surface area contributed by atoms with E-state index in [1.54, 1.807) is 0 Å². The van der Waals surface area contributed by atoms with Crippen LogP contribution in [0.4, 0.5) is 5.69 Å². The Bertz CT molecular complexity index is 583. The van der Waals surface area contributed by atoms with Crippen LogP contribution >= 0.6 is 24.0 Å². The standard InChI is InChI=1S/C19H31N5O2.HI/c1-3-20-19(21-4-2)22-15-16-6-5-7-17(14-16)23-18(25)8-9-24-10-12-26-13-11-24;/h5-7,14H,3-4,8-13,15H2,1-2H3,(H,23,25)(H2,20,21,22);1H. The lowest BCUT2D eigenvalue weighted by Gasteiger charge is -2.26. The number of ether oxygens (including phenoxy) is 1. The van der Waals surface area contributed by atoms with E-state index >= 15 is 0 Å². The molecule has 0 saturated carbocycles. The van der Waals surface area contributed by atoms with Crippen LogP contribution in [-0.4, -0.2) is 62.7 Å². The zero-order valence-corrected chi connectivity index (χ0v) is 18.6. The molecule has 0 radical (unpaired) electrons. The monoisotopic (exact) mass is 489 g/mol. The van der Waals surface area contributed by atoms with Crippen molar-refractivity contribution in [3.8, 4) is 0 Å². The van der Waals surface area contributed by atoms with Crippen LogP contribution in [0.3, 0.4) is 0 Å². The van der Waals surface area contributed by atoms with Gasteiger partial charge in [0.2, 0.25) is 5.91 Å². The highest BCUT2D eigenvalue weighted by Crippen LogP contribution is 2.12. The SMILES string of the molecule is CCNC(=NCc1cccc(NC(=O)CCN2CCOCC2)c1)NCC.I. The molecule has 0 spiro atoms. The van der Waals surface area contributed by atoms with E-state index in [1.807, 2.05) is 38.1 Å². The van der Waals surface area contributed by atoms with Gasteiger partial charge in [0.05, 0.1) is 19.8 Å². The van der Waals surface area contributed by atoms with Crippen LogP contribution in [0.5, 0.6) is 0 Å². The number of aliphatic imine (C=N–C) groups is 1. The molecule has 8 heteroatoms. The third-order valence-electron chi connectivity index (χ3n) is 4.08. The smallest absolute Gasteiger partial charge is 0.225 e. The van der Waals surface area contributed by atoms with E-state index in [2.05, 4.69) is 25.8 Å². The van der Waals surface area contributed by atoms with Gasteiger partial charge < -0.3 is 20.7 Å². The molecule has 1 heterocycles. The Labute approximate surface area is 179 Å². The molecule has 3 N–H and O–H groups in total. The van der Waals surface area contributed by atoms with E-state index < -0.39 is 0 Å². The van der Waals surface area contributed by atoms with Gasteiger partial charge >= 0.3 is 0 Å². The van der Waals surface area contributed by atoms with Crippen molar-refractivity contribution in [2.75, 3.05) is 51.3 Å². The second-order valence-corrected chi connectivity index (χ2v) is 6.18. The Kier molecular flexibility index (Phi) is 12.0. The maximum Gasteiger partial charge on any atom is 0.225 e. The third-order valence-corrected chi connectivity index (χ3v) is 4.08. The Balaban J connectivity index is 0.00000364. The minimum absolute atomic E-state index is 0. The number of rotatable bonds is 8. The van der Waals surface area contributed by atoms with E-state index in [0.717, 1.165) is 63.1 Å². The van der Waals surface area contributed by atoms with Crippen LogP contribution < -0.4 is 16.0 Å². The Morgan fingerprint density at radius 1 is 1.19 bits per heavy atom. The summed E-state index contributed by atoms with van der Waals surface area (Å²) in [6, 6.07) is 7.85. The normalized spacial score (nSPS) is 14.0. The van der Waals surface area contributed by atoms with E-state index in [-0.39, 0.29) is 29.9 Å². The average Bonchev–Trinajstić information content (AvgIpc) is 2.66. The van der Waals surface area contributed by atoms with Gasteiger partial charge in [-0.2, -0.15) is 0 Å². The van der Waals surface area contributed by atoms with Crippen molar-refractivity contribution in [1.82, 2.24) is 15.5 Å². The molecule has 1 amide bonds. The van der Waals surface area contributed by atoms with Crippen molar-refractivity contribution < 1.29 is 9.53 Å². The first-order chi connectivity index (χ1) is 12.7. The number of amides is 1. The molecule has 7 nitrogen and oxygen atoms in total. The fourth-order valence-corrected chi connectivity index (χ4v) is 2.73. The van der Waals surface area contributed by atoms with Crippen molar-refractivity contribution in [2.24, 2.45) is 4.99 Å². The molecule has 1 aromatic rings. The lowest BCUT2D eigenvalue weighted by atomic mass is 10.2. The number of anilines is 1. The molecule has 152 valence electrons. The number of benzene rings is 1. The van der Waals surface area contributed by atoms with Crippen molar-refractivity contribution in [3.63, 3.8) is 0 Å². The van der Waals surface area contributed by atoms with E-state index in [4.69, 9.17) is 4.74 Å². The predicted molar refractivity (Wildman–Crippen MR) is 121 cm³/mol. The number of morpholine rings is 1. The lowest BCUT2D eigenvalue weighted by molar-refractivity contribution is -0.116. The molecule has 2 rings (SSSR count). The van der Waals surface area contributed by atoms with Gasteiger partial charge in [-0.25, -0.2) is 4.99 Å². The highest BCUT2D eigenvalue weighted by Gasteiger charge is 2.12. The number of nitrogens with one attached hydrogen (secondary N) is 3. The first kappa shape index (κ1) is 23.6. The zero-order chi connectivity index (χ0) is 18.6. The summed E-state index contributed by atoms with van der Waals surface area (Å²) in [6.45, 7) is 10.4. The van der Waals surface area contributed by atoms with Crippen molar-refractivity contribution >= 4 is 41.5 Å². The highest BCUT2D eigenvalue weighted by atomic mass is 127. The van der Waals surface area contributed by atoms with Gasteiger partial charge in [-0.1, -0.05) is 12.1 Å². The van der Waals surface area contributed by atoms with E-state index in [1.165, 1.54) is 0 Å². The molecule has 1 saturated heterocycles. The molecular formula is C19H32IN5O2. The minimum Gasteiger partial charge on any atom is -0.379 e. The molecule has 0 atom stereocenters. The minimum atomic E-state index is 0. The van der Waals surface area contributed by atoms with Crippen molar-refractivity contribution in [3.05, 3.63) is 29.8 Å². The third kappa shape index (κ3) is 9.39. The topological polar surface area (TPSA) is 78.0 Å². The van der Waals surface area contributed by atoms with Gasteiger partial charge in [-0.15, -0.1) is 24.0 Å². The van der Waals surface area contributed by atoms with Crippen LogP contribution in [0.25, 0.3) is 0 Å². The number of hydrogen-bond donors (Lipinski definition) is 3. The number of carbonyl (C=O) groups excluding carboxylic acids is 1. The summed E-state index contributed by atoms with van der Waals surface area (Å²) in [6.07, 6.45) is 0.493. The number of nitrogens with zero attached hydrogens (tertiary/aromatic N) is 2. The summed E-state index contributed by atoms with van der Waals surface area (Å²) in [5.41, 5.74) is 1.88. The molecule has 1 aliphatic rings. The maximum atomic E-state index is 12.2. The molecule has 0 aliphatic carbocycles. The summed E-state index contributed by atoms with van der Waals surface area (Å²) in [4.78, 5) is 19.0. The Hall–Kier alpha value is -1.39.